The molecule has 0 aliphatic carbocycles. The van der Waals surface area contributed by atoms with Crippen LogP contribution in [-0.2, 0) is 11.2 Å². The lowest BCUT2D eigenvalue weighted by molar-refractivity contribution is -0.167. The van der Waals surface area contributed by atoms with Crippen LogP contribution in [0.2, 0.25) is 0 Å². The number of alkyl halides is 3. The van der Waals surface area contributed by atoms with Crippen molar-refractivity contribution in [3.63, 3.8) is 0 Å². The van der Waals surface area contributed by atoms with Crippen molar-refractivity contribution in [3.05, 3.63) is 48.0 Å². The molecule has 0 saturated heterocycles. The molecule has 0 bridgehead atoms. The number of aromatic nitrogens is 1. The number of nitrogens with zero attached hydrogens (tertiary/aromatic N) is 1. The molecule has 1 amide bonds. The first kappa shape index (κ1) is 16.0. The number of anilines is 1. The van der Waals surface area contributed by atoms with Crippen molar-refractivity contribution in [2.45, 2.75) is 19.5 Å². The second kappa shape index (κ2) is 5.99. The summed E-state index contributed by atoms with van der Waals surface area (Å²) in [6.07, 6.45) is -4.03. The quantitative estimate of drug-likeness (QED) is 0.764. The van der Waals surface area contributed by atoms with Gasteiger partial charge in [0.25, 0.3) is 0 Å². The second-order valence-electron chi connectivity index (χ2n) is 5.20. The second-order valence-corrected chi connectivity index (χ2v) is 5.20. The molecular weight excluding hydrogens is 321 g/mol. The summed E-state index contributed by atoms with van der Waals surface area (Å²) in [7, 11) is 0. The molecule has 3 aromatic rings. The molecule has 1 N–H and O–H groups in total. The average Bonchev–Trinajstić information content (AvgIpc) is 2.97. The zero-order valence-corrected chi connectivity index (χ0v) is 12.6. The monoisotopic (exact) mass is 334 g/mol. The summed E-state index contributed by atoms with van der Waals surface area (Å²) in [5.41, 5.74) is 2.74. The number of rotatable bonds is 3. The summed E-state index contributed by atoms with van der Waals surface area (Å²) < 4.78 is 42.5. The van der Waals surface area contributed by atoms with Crippen molar-refractivity contribution < 1.29 is 22.4 Å². The largest absolute Gasteiger partial charge is 0.471 e. The van der Waals surface area contributed by atoms with Crippen molar-refractivity contribution in [3.8, 4) is 11.5 Å². The van der Waals surface area contributed by atoms with Crippen molar-refractivity contribution in [2.75, 3.05) is 5.32 Å². The van der Waals surface area contributed by atoms with E-state index in [0.29, 0.717) is 17.0 Å². The molecule has 1 aromatic heterocycles. The van der Waals surface area contributed by atoms with Crippen LogP contribution >= 0.6 is 0 Å². The van der Waals surface area contributed by atoms with Gasteiger partial charge in [-0.15, -0.1) is 0 Å². The molecule has 2 aromatic carbocycles. The molecule has 0 unspecified atom stereocenters. The van der Waals surface area contributed by atoms with Crippen LogP contribution in [0, 0.1) is 0 Å². The Balaban J connectivity index is 1.89. The summed E-state index contributed by atoms with van der Waals surface area (Å²) in [6.45, 7) is 2.05. The Bertz CT molecular complexity index is 883. The highest BCUT2D eigenvalue weighted by atomic mass is 19.4. The molecule has 0 fully saturated rings. The minimum Gasteiger partial charge on any atom is -0.436 e. The fourth-order valence-corrected chi connectivity index (χ4v) is 2.21. The van der Waals surface area contributed by atoms with Gasteiger partial charge in [-0.1, -0.05) is 19.1 Å². The van der Waals surface area contributed by atoms with Gasteiger partial charge in [0.1, 0.15) is 5.52 Å². The van der Waals surface area contributed by atoms with E-state index in [1.807, 2.05) is 31.2 Å². The Morgan fingerprint density at radius 2 is 1.88 bits per heavy atom. The predicted octanol–water partition coefficient (Wildman–Crippen LogP) is 4.56. The van der Waals surface area contributed by atoms with Gasteiger partial charge in [-0.2, -0.15) is 13.2 Å². The zero-order valence-electron chi connectivity index (χ0n) is 12.6. The van der Waals surface area contributed by atoms with E-state index >= 15 is 0 Å². The van der Waals surface area contributed by atoms with Crippen LogP contribution in [0.25, 0.3) is 22.6 Å². The molecule has 124 valence electrons. The van der Waals surface area contributed by atoms with Gasteiger partial charge in [-0.25, -0.2) is 4.98 Å². The lowest BCUT2D eigenvalue weighted by Gasteiger charge is -2.07. The number of aryl methyl sites for hydroxylation is 1. The maximum Gasteiger partial charge on any atom is 0.471 e. The summed E-state index contributed by atoms with van der Waals surface area (Å²) in [6, 6.07) is 11.8. The van der Waals surface area contributed by atoms with Crippen LogP contribution in [0.4, 0.5) is 18.9 Å². The summed E-state index contributed by atoms with van der Waals surface area (Å²) >= 11 is 0. The topological polar surface area (TPSA) is 55.1 Å². The first-order chi connectivity index (χ1) is 11.4. The van der Waals surface area contributed by atoms with Gasteiger partial charge in [-0.3, -0.25) is 4.79 Å². The van der Waals surface area contributed by atoms with Crippen molar-refractivity contribution in [1.82, 2.24) is 4.98 Å². The number of fused-ring (bicyclic) bond motifs is 1. The molecule has 3 rings (SSSR count). The van der Waals surface area contributed by atoms with Crippen LogP contribution in [0.15, 0.2) is 46.9 Å². The van der Waals surface area contributed by atoms with E-state index < -0.39 is 12.1 Å². The van der Waals surface area contributed by atoms with Crippen molar-refractivity contribution >= 4 is 22.7 Å². The molecule has 7 heteroatoms. The molecule has 0 aliphatic rings. The molecule has 0 atom stereocenters. The number of benzene rings is 2. The molecule has 24 heavy (non-hydrogen) atoms. The smallest absolute Gasteiger partial charge is 0.436 e. The lowest BCUT2D eigenvalue weighted by Crippen LogP contribution is -2.29. The van der Waals surface area contributed by atoms with E-state index in [2.05, 4.69) is 4.98 Å². The normalized spacial score (nSPS) is 11.7. The first-order valence-corrected chi connectivity index (χ1v) is 7.25. The van der Waals surface area contributed by atoms with Gasteiger partial charge in [0.15, 0.2) is 5.58 Å². The predicted molar refractivity (Wildman–Crippen MR) is 83.5 cm³/mol. The van der Waals surface area contributed by atoms with Crippen LogP contribution in [0.1, 0.15) is 12.5 Å². The number of halogens is 3. The lowest BCUT2D eigenvalue weighted by atomic mass is 10.1. The Morgan fingerprint density at radius 3 is 2.50 bits per heavy atom. The highest BCUT2D eigenvalue weighted by Crippen LogP contribution is 2.27. The van der Waals surface area contributed by atoms with Gasteiger partial charge in [0, 0.05) is 11.3 Å². The number of oxazole rings is 1. The fourth-order valence-electron chi connectivity index (χ4n) is 2.21. The van der Waals surface area contributed by atoms with Crippen LogP contribution < -0.4 is 5.32 Å². The van der Waals surface area contributed by atoms with E-state index in [-0.39, 0.29) is 5.69 Å². The molecule has 1 heterocycles. The molecule has 0 spiro atoms. The molecule has 4 nitrogen and oxygen atoms in total. The van der Waals surface area contributed by atoms with E-state index in [9.17, 15) is 18.0 Å². The molecule has 0 radical (unpaired) electrons. The number of carbonyl (C=O) groups is 1. The van der Waals surface area contributed by atoms with E-state index in [1.165, 1.54) is 23.8 Å². The van der Waals surface area contributed by atoms with Gasteiger partial charge in [0.05, 0.1) is 0 Å². The Kier molecular flexibility index (Phi) is 4.01. The number of amides is 1. The number of hydrogen-bond donors (Lipinski definition) is 1. The van der Waals surface area contributed by atoms with Gasteiger partial charge in [-0.05, 0) is 42.3 Å². The van der Waals surface area contributed by atoms with Gasteiger partial charge < -0.3 is 9.73 Å². The van der Waals surface area contributed by atoms with Crippen LogP contribution in [-0.4, -0.2) is 17.1 Å². The SMILES string of the molecule is CCc1ccc(-c2nc3cc(NC(=O)C(F)(F)F)ccc3o2)cc1. The van der Waals surface area contributed by atoms with E-state index in [1.54, 1.807) is 5.32 Å². The van der Waals surface area contributed by atoms with Crippen molar-refractivity contribution in [2.24, 2.45) is 0 Å². The third kappa shape index (κ3) is 3.24. The number of nitrogens with one attached hydrogen (secondary N) is 1. The minimum absolute atomic E-state index is 0.00556. The van der Waals surface area contributed by atoms with E-state index in [4.69, 9.17) is 4.42 Å². The minimum atomic E-state index is -4.94. The van der Waals surface area contributed by atoms with E-state index in [0.717, 1.165) is 12.0 Å². The third-order valence-corrected chi connectivity index (χ3v) is 3.51. The maximum atomic E-state index is 12.3. The fraction of sp³-hybridized carbons (Fsp3) is 0.176. The number of carbonyl (C=O) groups excluding carboxylic acids is 1. The highest BCUT2D eigenvalue weighted by Gasteiger charge is 2.38. The van der Waals surface area contributed by atoms with Gasteiger partial charge >= 0.3 is 12.1 Å². The Morgan fingerprint density at radius 1 is 1.17 bits per heavy atom. The summed E-state index contributed by atoms with van der Waals surface area (Å²) in [4.78, 5) is 15.2. The highest BCUT2D eigenvalue weighted by molar-refractivity contribution is 5.96. The first-order valence-electron chi connectivity index (χ1n) is 7.25. The Hall–Kier alpha value is -2.83. The third-order valence-electron chi connectivity index (χ3n) is 3.51. The molecular formula is C17H13F3N2O2. The van der Waals surface area contributed by atoms with Gasteiger partial charge in [0.2, 0.25) is 5.89 Å². The molecule has 0 aliphatic heterocycles. The summed E-state index contributed by atoms with van der Waals surface area (Å²) in [5.74, 6) is -1.66. The zero-order chi connectivity index (χ0) is 17.3. The Labute approximate surface area is 135 Å². The molecule has 0 saturated carbocycles. The van der Waals surface area contributed by atoms with Crippen LogP contribution in [0.3, 0.4) is 0 Å². The van der Waals surface area contributed by atoms with Crippen molar-refractivity contribution in [1.29, 1.82) is 0 Å². The number of hydrogen-bond acceptors (Lipinski definition) is 3. The maximum absolute atomic E-state index is 12.3. The average molecular weight is 334 g/mol. The van der Waals surface area contributed by atoms with Crippen LogP contribution in [0.5, 0.6) is 0 Å². The standard InChI is InChI=1S/C17H13F3N2O2/c1-2-10-3-5-11(6-4-10)15-22-13-9-12(7-8-14(13)24-15)21-16(23)17(18,19)20/h3-9H,2H2,1H3,(H,21,23). The summed E-state index contributed by atoms with van der Waals surface area (Å²) in [5, 5.41) is 1.79.